The molecule has 0 aromatic heterocycles. The molecule has 2 rings (SSSR count). The van der Waals surface area contributed by atoms with Crippen LogP contribution in [-0.4, -0.2) is 18.5 Å². The van der Waals surface area contributed by atoms with Crippen molar-refractivity contribution in [3.63, 3.8) is 0 Å². The highest BCUT2D eigenvalue weighted by Gasteiger charge is 2.27. The predicted molar refractivity (Wildman–Crippen MR) is 68.6 cm³/mol. The number of carbonyl (C=O) groups is 1. The van der Waals surface area contributed by atoms with Gasteiger partial charge in [-0.2, -0.15) is 0 Å². The van der Waals surface area contributed by atoms with Gasteiger partial charge in [-0.05, 0) is 30.4 Å². The highest BCUT2D eigenvalue weighted by molar-refractivity contribution is 5.82. The molecule has 2 N–H and O–H groups in total. The summed E-state index contributed by atoms with van der Waals surface area (Å²) in [7, 11) is 0. The number of amides is 1. The lowest BCUT2D eigenvalue weighted by atomic mass is 9.94. The second-order valence-electron chi connectivity index (χ2n) is 4.84. The Morgan fingerprint density at radius 3 is 2.88 bits per heavy atom. The van der Waals surface area contributed by atoms with E-state index >= 15 is 0 Å². The van der Waals surface area contributed by atoms with Gasteiger partial charge in [-0.15, -0.1) is 0 Å². The number of nitrogens with one attached hydrogen (secondary N) is 2. The minimum Gasteiger partial charge on any atom is -0.355 e. The summed E-state index contributed by atoms with van der Waals surface area (Å²) in [6.07, 6.45) is 1.05. The smallest absolute Gasteiger partial charge is 0.237 e. The maximum Gasteiger partial charge on any atom is 0.237 e. The normalized spacial score (nSPS) is 24.5. The molecule has 0 unspecified atom stereocenters. The first kappa shape index (κ1) is 12.1. The molecule has 2 atom stereocenters. The number of benzene rings is 1. The predicted octanol–water partition coefficient (Wildman–Crippen LogP) is 1.61. The number of aryl methyl sites for hydroxylation is 1. The van der Waals surface area contributed by atoms with Crippen LogP contribution in [0.3, 0.4) is 0 Å². The first-order valence-corrected chi connectivity index (χ1v) is 6.24. The van der Waals surface area contributed by atoms with Gasteiger partial charge in [-0.1, -0.05) is 31.2 Å². The van der Waals surface area contributed by atoms with E-state index in [1.165, 1.54) is 11.1 Å². The molecule has 92 valence electrons. The van der Waals surface area contributed by atoms with Crippen molar-refractivity contribution in [3.05, 3.63) is 35.4 Å². The third-order valence-corrected chi connectivity index (χ3v) is 3.52. The minimum atomic E-state index is -0.0524. The Kier molecular flexibility index (Phi) is 3.79. The quantitative estimate of drug-likeness (QED) is 0.831. The van der Waals surface area contributed by atoms with Crippen LogP contribution < -0.4 is 10.6 Å². The average molecular weight is 232 g/mol. The number of hydrogen-bond acceptors (Lipinski definition) is 2. The van der Waals surface area contributed by atoms with Crippen molar-refractivity contribution < 1.29 is 4.79 Å². The van der Waals surface area contributed by atoms with Crippen LogP contribution >= 0.6 is 0 Å². The van der Waals surface area contributed by atoms with E-state index in [9.17, 15) is 4.79 Å². The third kappa shape index (κ3) is 2.86. The molecule has 1 amide bonds. The molecule has 1 aliphatic rings. The Labute approximate surface area is 103 Å². The Hall–Kier alpha value is -1.35. The molecule has 0 aliphatic carbocycles. The van der Waals surface area contributed by atoms with Crippen molar-refractivity contribution in [1.29, 1.82) is 0 Å². The first-order valence-electron chi connectivity index (χ1n) is 6.24. The SMILES string of the molecule is Cc1ccccc1CN[C@@H]1C(=O)NCC[C@H]1C. The average Bonchev–Trinajstić information content (AvgIpc) is 2.30. The van der Waals surface area contributed by atoms with Gasteiger partial charge in [0, 0.05) is 13.1 Å². The van der Waals surface area contributed by atoms with E-state index in [0.29, 0.717) is 5.92 Å². The van der Waals surface area contributed by atoms with Gasteiger partial charge in [-0.3, -0.25) is 4.79 Å². The van der Waals surface area contributed by atoms with Crippen LogP contribution in [0.5, 0.6) is 0 Å². The summed E-state index contributed by atoms with van der Waals surface area (Å²) < 4.78 is 0. The molecule has 0 spiro atoms. The second kappa shape index (κ2) is 5.32. The van der Waals surface area contributed by atoms with E-state index in [4.69, 9.17) is 0 Å². The molecule has 0 bridgehead atoms. The number of rotatable bonds is 3. The number of piperidine rings is 1. The van der Waals surface area contributed by atoms with E-state index < -0.39 is 0 Å². The van der Waals surface area contributed by atoms with Gasteiger partial charge >= 0.3 is 0 Å². The Balaban J connectivity index is 1.97. The van der Waals surface area contributed by atoms with E-state index in [1.807, 2.05) is 12.1 Å². The van der Waals surface area contributed by atoms with Crippen LogP contribution in [0.4, 0.5) is 0 Å². The summed E-state index contributed by atoms with van der Waals surface area (Å²) in [5.41, 5.74) is 2.53. The summed E-state index contributed by atoms with van der Waals surface area (Å²) in [6.45, 7) is 5.80. The first-order chi connectivity index (χ1) is 8.18. The Morgan fingerprint density at radius 1 is 1.41 bits per heavy atom. The molecule has 1 aliphatic heterocycles. The van der Waals surface area contributed by atoms with Crippen molar-refractivity contribution in [2.45, 2.75) is 32.9 Å². The highest BCUT2D eigenvalue weighted by atomic mass is 16.2. The van der Waals surface area contributed by atoms with Crippen molar-refractivity contribution >= 4 is 5.91 Å². The molecule has 1 heterocycles. The van der Waals surface area contributed by atoms with Gasteiger partial charge in [0.15, 0.2) is 0 Å². The highest BCUT2D eigenvalue weighted by Crippen LogP contribution is 2.14. The van der Waals surface area contributed by atoms with Crippen LogP contribution in [0.25, 0.3) is 0 Å². The lowest BCUT2D eigenvalue weighted by Gasteiger charge is -2.29. The molecule has 1 aromatic rings. The lowest BCUT2D eigenvalue weighted by Crippen LogP contribution is -2.52. The molecule has 1 fully saturated rings. The van der Waals surface area contributed by atoms with Gasteiger partial charge in [0.25, 0.3) is 0 Å². The van der Waals surface area contributed by atoms with Crippen LogP contribution in [0.1, 0.15) is 24.5 Å². The van der Waals surface area contributed by atoms with Crippen LogP contribution in [0.15, 0.2) is 24.3 Å². The Morgan fingerprint density at radius 2 is 2.18 bits per heavy atom. The third-order valence-electron chi connectivity index (χ3n) is 3.52. The topological polar surface area (TPSA) is 41.1 Å². The monoisotopic (exact) mass is 232 g/mol. The molecule has 0 radical (unpaired) electrons. The molecule has 1 aromatic carbocycles. The lowest BCUT2D eigenvalue weighted by molar-refractivity contribution is -0.126. The minimum absolute atomic E-state index is 0.0524. The Bertz CT molecular complexity index is 403. The summed E-state index contributed by atoms with van der Waals surface area (Å²) >= 11 is 0. The summed E-state index contributed by atoms with van der Waals surface area (Å²) in [4.78, 5) is 11.7. The van der Waals surface area contributed by atoms with Crippen LogP contribution in [0.2, 0.25) is 0 Å². The van der Waals surface area contributed by atoms with E-state index in [1.54, 1.807) is 0 Å². The van der Waals surface area contributed by atoms with Crippen molar-refractivity contribution in [2.75, 3.05) is 6.54 Å². The van der Waals surface area contributed by atoms with Crippen molar-refractivity contribution in [3.8, 4) is 0 Å². The zero-order valence-corrected chi connectivity index (χ0v) is 10.5. The van der Waals surface area contributed by atoms with Gasteiger partial charge in [0.1, 0.15) is 0 Å². The van der Waals surface area contributed by atoms with Gasteiger partial charge in [0.05, 0.1) is 6.04 Å². The van der Waals surface area contributed by atoms with Crippen molar-refractivity contribution in [2.24, 2.45) is 5.92 Å². The second-order valence-corrected chi connectivity index (χ2v) is 4.84. The van der Waals surface area contributed by atoms with E-state index in [-0.39, 0.29) is 11.9 Å². The van der Waals surface area contributed by atoms with Gasteiger partial charge in [-0.25, -0.2) is 0 Å². The zero-order valence-electron chi connectivity index (χ0n) is 10.5. The zero-order chi connectivity index (χ0) is 12.3. The molecule has 0 saturated carbocycles. The molecule has 17 heavy (non-hydrogen) atoms. The standard InChI is InChI=1S/C14H20N2O/c1-10-5-3-4-6-12(10)9-16-13-11(2)7-8-15-14(13)17/h3-6,11,13,16H,7-9H2,1-2H3,(H,15,17)/t11-,13+/m1/s1. The molecule has 1 saturated heterocycles. The molecular weight excluding hydrogens is 212 g/mol. The summed E-state index contributed by atoms with van der Waals surface area (Å²) in [6, 6.07) is 8.22. The van der Waals surface area contributed by atoms with Crippen LogP contribution in [-0.2, 0) is 11.3 Å². The fourth-order valence-electron chi connectivity index (χ4n) is 2.28. The van der Waals surface area contributed by atoms with E-state index in [0.717, 1.165) is 19.5 Å². The summed E-state index contributed by atoms with van der Waals surface area (Å²) in [5, 5.41) is 6.28. The van der Waals surface area contributed by atoms with Gasteiger partial charge in [0.2, 0.25) is 5.91 Å². The molecular formula is C14H20N2O. The number of carbonyl (C=O) groups excluding carboxylic acids is 1. The molecule has 3 heteroatoms. The largest absolute Gasteiger partial charge is 0.355 e. The summed E-state index contributed by atoms with van der Waals surface area (Å²) in [5.74, 6) is 0.546. The van der Waals surface area contributed by atoms with E-state index in [2.05, 4.69) is 36.6 Å². The van der Waals surface area contributed by atoms with Gasteiger partial charge < -0.3 is 10.6 Å². The van der Waals surface area contributed by atoms with Crippen LogP contribution in [0, 0.1) is 12.8 Å². The maximum atomic E-state index is 11.7. The van der Waals surface area contributed by atoms with Crippen molar-refractivity contribution in [1.82, 2.24) is 10.6 Å². The number of hydrogen-bond donors (Lipinski definition) is 2. The fraction of sp³-hybridized carbons (Fsp3) is 0.500. The maximum absolute atomic E-state index is 11.7. The molecule has 3 nitrogen and oxygen atoms in total. The fourth-order valence-corrected chi connectivity index (χ4v) is 2.28.